The first-order valence-electron chi connectivity index (χ1n) is 7.23. The Morgan fingerprint density at radius 2 is 2.00 bits per heavy atom. The molecule has 0 saturated carbocycles. The first kappa shape index (κ1) is 15.9. The summed E-state index contributed by atoms with van der Waals surface area (Å²) >= 11 is 0. The molecule has 1 aromatic rings. The highest BCUT2D eigenvalue weighted by atomic mass is 19.1. The van der Waals surface area contributed by atoms with Crippen molar-refractivity contribution in [2.45, 2.75) is 39.5 Å². The van der Waals surface area contributed by atoms with Crippen molar-refractivity contribution in [1.29, 1.82) is 0 Å². The van der Waals surface area contributed by atoms with Crippen LogP contribution in [0.15, 0.2) is 24.8 Å². The van der Waals surface area contributed by atoms with Crippen molar-refractivity contribution in [2.24, 2.45) is 0 Å². The van der Waals surface area contributed by atoms with Gasteiger partial charge in [-0.2, -0.15) is 0 Å². The first-order chi connectivity index (χ1) is 9.08. The Morgan fingerprint density at radius 1 is 1.26 bits per heavy atom. The van der Waals surface area contributed by atoms with Crippen molar-refractivity contribution in [1.82, 2.24) is 4.90 Å². The monoisotopic (exact) mass is 263 g/mol. The molecule has 0 aliphatic rings. The molecule has 0 aliphatic carbocycles. The van der Waals surface area contributed by atoms with Gasteiger partial charge in [-0.1, -0.05) is 26.5 Å². The molecule has 0 spiro atoms. The molecule has 0 radical (unpaired) electrons. The highest BCUT2D eigenvalue weighted by molar-refractivity contribution is 5.66. The number of hydrogen-bond acceptors (Lipinski definition) is 1. The van der Waals surface area contributed by atoms with Crippen LogP contribution in [0.4, 0.5) is 4.39 Å². The lowest BCUT2D eigenvalue weighted by Crippen LogP contribution is -2.20. The van der Waals surface area contributed by atoms with E-state index in [9.17, 15) is 4.39 Å². The Balaban J connectivity index is 2.65. The maximum absolute atomic E-state index is 13.3. The number of aryl methyl sites for hydroxylation is 1. The molecular weight excluding hydrogens is 237 g/mol. The molecule has 0 saturated heterocycles. The van der Waals surface area contributed by atoms with Crippen LogP contribution in [0, 0.1) is 5.82 Å². The van der Waals surface area contributed by atoms with Crippen LogP contribution in [0.1, 0.15) is 44.2 Å². The van der Waals surface area contributed by atoms with E-state index in [-0.39, 0.29) is 5.82 Å². The van der Waals surface area contributed by atoms with Gasteiger partial charge >= 0.3 is 0 Å². The lowest BCUT2D eigenvalue weighted by atomic mass is 9.96. The molecule has 19 heavy (non-hydrogen) atoms. The molecule has 0 atom stereocenters. The lowest BCUT2D eigenvalue weighted by molar-refractivity contribution is 0.330. The summed E-state index contributed by atoms with van der Waals surface area (Å²) in [6.07, 6.45) is 4.14. The minimum Gasteiger partial charge on any atom is -0.306 e. The second-order valence-corrected chi connectivity index (χ2v) is 5.17. The predicted octanol–water partition coefficient (Wildman–Crippen LogP) is 4.52. The van der Waals surface area contributed by atoms with E-state index >= 15 is 0 Å². The fraction of sp³-hybridized carbons (Fsp3) is 0.529. The summed E-state index contributed by atoms with van der Waals surface area (Å²) < 4.78 is 13.3. The molecule has 0 bridgehead atoms. The summed E-state index contributed by atoms with van der Waals surface area (Å²) in [5.41, 5.74) is 3.25. The molecule has 2 heteroatoms. The minimum absolute atomic E-state index is 0.170. The Bertz CT molecular complexity index is 412. The number of hydrogen-bond donors (Lipinski definition) is 0. The standard InChI is InChI=1S/C17H26FN/c1-5-11-19(4)12-7-8-15-9-10-16(18)13-17(15)14(3)6-2/h9-10,13H,3,5-8,11-12H2,1-2,4H3. The first-order valence-corrected chi connectivity index (χ1v) is 7.23. The van der Waals surface area contributed by atoms with Crippen molar-refractivity contribution < 1.29 is 4.39 Å². The van der Waals surface area contributed by atoms with E-state index in [4.69, 9.17) is 0 Å². The summed E-state index contributed by atoms with van der Waals surface area (Å²) in [5.74, 6) is -0.170. The Labute approximate surface area is 117 Å². The van der Waals surface area contributed by atoms with Crippen LogP contribution in [0.2, 0.25) is 0 Å². The number of nitrogens with zero attached hydrogens (tertiary/aromatic N) is 1. The van der Waals surface area contributed by atoms with Crippen molar-refractivity contribution in [3.05, 3.63) is 41.7 Å². The zero-order chi connectivity index (χ0) is 14.3. The Morgan fingerprint density at radius 3 is 2.63 bits per heavy atom. The maximum Gasteiger partial charge on any atom is 0.123 e. The largest absolute Gasteiger partial charge is 0.306 e. The van der Waals surface area contributed by atoms with Crippen LogP contribution in [0.5, 0.6) is 0 Å². The smallest absolute Gasteiger partial charge is 0.123 e. The molecule has 0 fully saturated rings. The summed E-state index contributed by atoms with van der Waals surface area (Å²) in [5, 5.41) is 0. The van der Waals surface area contributed by atoms with Crippen LogP contribution in [-0.2, 0) is 6.42 Å². The zero-order valence-electron chi connectivity index (χ0n) is 12.5. The van der Waals surface area contributed by atoms with Gasteiger partial charge < -0.3 is 4.90 Å². The van der Waals surface area contributed by atoms with E-state index in [1.165, 1.54) is 12.0 Å². The number of benzene rings is 1. The van der Waals surface area contributed by atoms with Gasteiger partial charge in [0.15, 0.2) is 0 Å². The quantitative estimate of drug-likeness (QED) is 0.666. The van der Waals surface area contributed by atoms with Crippen LogP contribution in [0.3, 0.4) is 0 Å². The molecule has 0 aliphatic heterocycles. The van der Waals surface area contributed by atoms with Crippen LogP contribution < -0.4 is 0 Å². The Kier molecular flexibility index (Phi) is 6.79. The molecule has 1 nitrogen and oxygen atoms in total. The molecule has 0 unspecified atom stereocenters. The summed E-state index contributed by atoms with van der Waals surface area (Å²) in [4.78, 5) is 2.35. The Hall–Kier alpha value is -1.15. The normalized spacial score (nSPS) is 11.0. The fourth-order valence-electron chi connectivity index (χ4n) is 2.32. The minimum atomic E-state index is -0.170. The average Bonchev–Trinajstić information content (AvgIpc) is 2.39. The van der Waals surface area contributed by atoms with Gasteiger partial charge in [0.05, 0.1) is 0 Å². The lowest BCUT2D eigenvalue weighted by Gasteiger charge is -2.16. The van der Waals surface area contributed by atoms with E-state index < -0.39 is 0 Å². The van der Waals surface area contributed by atoms with Gasteiger partial charge in [0.1, 0.15) is 5.82 Å². The predicted molar refractivity (Wildman–Crippen MR) is 81.8 cm³/mol. The highest BCUT2D eigenvalue weighted by Crippen LogP contribution is 2.23. The SMILES string of the molecule is C=C(CC)c1cc(F)ccc1CCCN(C)CCC. The number of allylic oxidation sites excluding steroid dienone is 1. The molecule has 1 aromatic carbocycles. The van der Waals surface area contributed by atoms with Gasteiger partial charge in [-0.15, -0.1) is 0 Å². The second-order valence-electron chi connectivity index (χ2n) is 5.17. The fourth-order valence-corrected chi connectivity index (χ4v) is 2.32. The molecule has 1 rings (SSSR count). The van der Waals surface area contributed by atoms with Crippen molar-refractivity contribution >= 4 is 5.57 Å². The summed E-state index contributed by atoms with van der Waals surface area (Å²) in [6.45, 7) is 10.5. The van der Waals surface area contributed by atoms with Gasteiger partial charge in [0, 0.05) is 0 Å². The van der Waals surface area contributed by atoms with Crippen LogP contribution in [0.25, 0.3) is 5.57 Å². The molecule has 0 amide bonds. The van der Waals surface area contributed by atoms with E-state index in [1.54, 1.807) is 12.1 Å². The average molecular weight is 263 g/mol. The number of rotatable bonds is 8. The van der Waals surface area contributed by atoms with Gasteiger partial charge in [0.2, 0.25) is 0 Å². The van der Waals surface area contributed by atoms with Crippen LogP contribution >= 0.6 is 0 Å². The molecule has 0 heterocycles. The molecule has 0 aromatic heterocycles. The topological polar surface area (TPSA) is 3.24 Å². The van der Waals surface area contributed by atoms with Crippen LogP contribution in [-0.4, -0.2) is 25.0 Å². The molecular formula is C17H26FN. The van der Waals surface area contributed by atoms with Gasteiger partial charge in [-0.05, 0) is 74.7 Å². The van der Waals surface area contributed by atoms with E-state index in [1.807, 2.05) is 6.07 Å². The third kappa shape index (κ3) is 5.15. The van der Waals surface area contributed by atoms with Gasteiger partial charge in [-0.25, -0.2) is 4.39 Å². The maximum atomic E-state index is 13.3. The van der Waals surface area contributed by atoms with Gasteiger partial charge in [-0.3, -0.25) is 0 Å². The highest BCUT2D eigenvalue weighted by Gasteiger charge is 2.07. The van der Waals surface area contributed by atoms with Crippen molar-refractivity contribution in [3.63, 3.8) is 0 Å². The van der Waals surface area contributed by atoms with Gasteiger partial charge in [0.25, 0.3) is 0 Å². The third-order valence-electron chi connectivity index (χ3n) is 3.47. The van der Waals surface area contributed by atoms with Crippen molar-refractivity contribution in [3.8, 4) is 0 Å². The summed E-state index contributed by atoms with van der Waals surface area (Å²) in [6, 6.07) is 5.08. The molecule has 106 valence electrons. The zero-order valence-corrected chi connectivity index (χ0v) is 12.5. The van der Waals surface area contributed by atoms with E-state index in [0.29, 0.717) is 0 Å². The third-order valence-corrected chi connectivity index (χ3v) is 3.47. The summed E-state index contributed by atoms with van der Waals surface area (Å²) in [7, 11) is 2.15. The van der Waals surface area contributed by atoms with Crippen molar-refractivity contribution in [2.75, 3.05) is 20.1 Å². The second kappa shape index (κ2) is 8.11. The van der Waals surface area contributed by atoms with E-state index in [0.717, 1.165) is 43.5 Å². The van der Waals surface area contributed by atoms with E-state index in [2.05, 4.69) is 32.4 Å². The number of halogens is 1. The molecule has 0 N–H and O–H groups in total.